The topological polar surface area (TPSA) is 44.2 Å². The number of hydrogen-bond donors (Lipinski definition) is 0. The predicted molar refractivity (Wildman–Crippen MR) is 59.9 cm³/mol. The highest BCUT2D eigenvalue weighted by molar-refractivity contribution is 5.85. The minimum atomic E-state index is 0. The molecule has 0 atom stereocenters. The van der Waals surface area contributed by atoms with Crippen LogP contribution in [0.15, 0.2) is 24.7 Å². The molecule has 15 heavy (non-hydrogen) atoms. The first-order chi connectivity index (χ1) is 6.85. The van der Waals surface area contributed by atoms with Crippen molar-refractivity contribution in [3.8, 4) is 11.5 Å². The van der Waals surface area contributed by atoms with Crippen molar-refractivity contribution < 1.29 is 9.47 Å². The lowest BCUT2D eigenvalue weighted by atomic mass is 10.2. The largest absolute Gasteiger partial charge is 0.493 e. The standard InChI is InChI=1S/C10H10N2O2.ClH/c1-13-9-3-7-5-11-6-12-8(7)4-10(9)14-2;/h3-6H,1-2H3;1H. The fourth-order valence-corrected chi connectivity index (χ4v) is 1.31. The molecule has 0 fully saturated rings. The van der Waals surface area contributed by atoms with Crippen LogP contribution in [0.25, 0.3) is 10.9 Å². The zero-order valence-electron chi connectivity index (χ0n) is 8.43. The Morgan fingerprint density at radius 2 is 1.73 bits per heavy atom. The molecule has 0 saturated carbocycles. The first kappa shape index (κ1) is 11.5. The molecule has 0 saturated heterocycles. The number of nitrogens with zero attached hydrogens (tertiary/aromatic N) is 2. The fraction of sp³-hybridized carbons (Fsp3) is 0.200. The minimum absolute atomic E-state index is 0. The van der Waals surface area contributed by atoms with Gasteiger partial charge in [-0.25, -0.2) is 9.97 Å². The normalized spacial score (nSPS) is 9.47. The van der Waals surface area contributed by atoms with E-state index in [2.05, 4.69) is 9.97 Å². The average molecular weight is 227 g/mol. The van der Waals surface area contributed by atoms with Crippen LogP contribution in [0.5, 0.6) is 11.5 Å². The van der Waals surface area contributed by atoms with E-state index in [1.54, 1.807) is 20.4 Å². The van der Waals surface area contributed by atoms with Gasteiger partial charge in [0.05, 0.1) is 19.7 Å². The summed E-state index contributed by atoms with van der Waals surface area (Å²) >= 11 is 0. The number of hydrogen-bond acceptors (Lipinski definition) is 4. The van der Waals surface area contributed by atoms with Crippen LogP contribution >= 0.6 is 12.4 Å². The summed E-state index contributed by atoms with van der Waals surface area (Å²) in [7, 11) is 3.21. The predicted octanol–water partition coefficient (Wildman–Crippen LogP) is 2.07. The molecule has 1 heterocycles. The van der Waals surface area contributed by atoms with Gasteiger partial charge in [0.25, 0.3) is 0 Å². The van der Waals surface area contributed by atoms with Gasteiger partial charge in [-0.15, -0.1) is 12.4 Å². The Morgan fingerprint density at radius 3 is 2.40 bits per heavy atom. The molecule has 4 nitrogen and oxygen atoms in total. The van der Waals surface area contributed by atoms with Crippen molar-refractivity contribution >= 4 is 23.3 Å². The van der Waals surface area contributed by atoms with Crippen molar-refractivity contribution in [2.75, 3.05) is 14.2 Å². The number of ether oxygens (including phenoxy) is 2. The van der Waals surface area contributed by atoms with Crippen LogP contribution in [0.4, 0.5) is 0 Å². The van der Waals surface area contributed by atoms with Crippen LogP contribution in [0.1, 0.15) is 0 Å². The molecule has 0 amide bonds. The number of fused-ring (bicyclic) bond motifs is 1. The molecule has 0 aliphatic heterocycles. The second kappa shape index (κ2) is 4.79. The van der Waals surface area contributed by atoms with Crippen molar-refractivity contribution in [2.24, 2.45) is 0 Å². The van der Waals surface area contributed by atoms with Gasteiger partial charge in [0, 0.05) is 17.6 Å². The van der Waals surface area contributed by atoms with E-state index < -0.39 is 0 Å². The van der Waals surface area contributed by atoms with Gasteiger partial charge in [-0.2, -0.15) is 0 Å². The Bertz CT molecular complexity index is 420. The zero-order valence-corrected chi connectivity index (χ0v) is 9.25. The number of methoxy groups -OCH3 is 2. The highest BCUT2D eigenvalue weighted by atomic mass is 35.5. The quantitative estimate of drug-likeness (QED) is 0.787. The van der Waals surface area contributed by atoms with Crippen LogP contribution in [0, 0.1) is 0 Å². The second-order valence-corrected chi connectivity index (χ2v) is 2.79. The highest BCUT2D eigenvalue weighted by Crippen LogP contribution is 2.30. The van der Waals surface area contributed by atoms with E-state index in [0.717, 1.165) is 10.9 Å². The van der Waals surface area contributed by atoms with Crippen molar-refractivity contribution in [1.82, 2.24) is 9.97 Å². The molecule has 0 aliphatic rings. The van der Waals surface area contributed by atoms with E-state index in [1.807, 2.05) is 12.1 Å². The van der Waals surface area contributed by atoms with Gasteiger partial charge in [-0.1, -0.05) is 0 Å². The summed E-state index contributed by atoms with van der Waals surface area (Å²) in [4.78, 5) is 8.05. The molecule has 0 spiro atoms. The van der Waals surface area contributed by atoms with Crippen molar-refractivity contribution in [2.45, 2.75) is 0 Å². The van der Waals surface area contributed by atoms with E-state index in [4.69, 9.17) is 9.47 Å². The van der Waals surface area contributed by atoms with E-state index in [0.29, 0.717) is 11.5 Å². The summed E-state index contributed by atoms with van der Waals surface area (Å²) in [5, 5.41) is 0.935. The monoisotopic (exact) mass is 226 g/mol. The maximum atomic E-state index is 5.16. The molecule has 0 bridgehead atoms. The van der Waals surface area contributed by atoms with Crippen LogP contribution in [0.3, 0.4) is 0 Å². The number of halogens is 1. The Hall–Kier alpha value is -1.55. The minimum Gasteiger partial charge on any atom is -0.493 e. The van der Waals surface area contributed by atoms with Crippen LogP contribution < -0.4 is 9.47 Å². The third kappa shape index (κ3) is 2.10. The maximum Gasteiger partial charge on any atom is 0.162 e. The molecule has 0 aliphatic carbocycles. The van der Waals surface area contributed by atoms with Gasteiger partial charge in [-0.05, 0) is 6.07 Å². The molecule has 0 unspecified atom stereocenters. The summed E-state index contributed by atoms with van der Waals surface area (Å²) in [6.45, 7) is 0. The van der Waals surface area contributed by atoms with E-state index in [9.17, 15) is 0 Å². The summed E-state index contributed by atoms with van der Waals surface area (Å²) in [5.41, 5.74) is 0.845. The van der Waals surface area contributed by atoms with Crippen LogP contribution in [0.2, 0.25) is 0 Å². The summed E-state index contributed by atoms with van der Waals surface area (Å²) in [6, 6.07) is 3.68. The van der Waals surface area contributed by atoms with Gasteiger partial charge in [0.15, 0.2) is 11.5 Å². The highest BCUT2D eigenvalue weighted by Gasteiger charge is 2.05. The summed E-state index contributed by atoms with van der Waals surface area (Å²) < 4.78 is 10.3. The molecule has 1 aromatic carbocycles. The maximum absolute atomic E-state index is 5.16. The smallest absolute Gasteiger partial charge is 0.162 e. The lowest BCUT2D eigenvalue weighted by molar-refractivity contribution is 0.356. The number of benzene rings is 1. The van der Waals surface area contributed by atoms with Crippen molar-refractivity contribution in [3.05, 3.63) is 24.7 Å². The van der Waals surface area contributed by atoms with Gasteiger partial charge in [0.2, 0.25) is 0 Å². The molecular formula is C10H11ClN2O2. The van der Waals surface area contributed by atoms with E-state index >= 15 is 0 Å². The fourth-order valence-electron chi connectivity index (χ4n) is 1.31. The first-order valence-electron chi connectivity index (χ1n) is 4.17. The third-order valence-corrected chi connectivity index (χ3v) is 2.01. The molecule has 0 N–H and O–H groups in total. The molecular weight excluding hydrogens is 216 g/mol. The zero-order chi connectivity index (χ0) is 9.97. The molecule has 1 aromatic heterocycles. The Labute approximate surface area is 93.7 Å². The van der Waals surface area contributed by atoms with E-state index in [1.165, 1.54) is 6.33 Å². The average Bonchev–Trinajstić information content (AvgIpc) is 2.27. The van der Waals surface area contributed by atoms with Gasteiger partial charge in [-0.3, -0.25) is 0 Å². The van der Waals surface area contributed by atoms with E-state index in [-0.39, 0.29) is 12.4 Å². The van der Waals surface area contributed by atoms with Crippen molar-refractivity contribution in [3.63, 3.8) is 0 Å². The number of aromatic nitrogens is 2. The second-order valence-electron chi connectivity index (χ2n) is 2.79. The Morgan fingerprint density at radius 1 is 1.07 bits per heavy atom. The number of rotatable bonds is 2. The Kier molecular flexibility index (Phi) is 3.68. The molecule has 0 radical (unpaired) electrons. The molecule has 2 rings (SSSR count). The first-order valence-corrected chi connectivity index (χ1v) is 4.17. The van der Waals surface area contributed by atoms with Crippen LogP contribution in [-0.2, 0) is 0 Å². The summed E-state index contributed by atoms with van der Waals surface area (Å²) in [5.74, 6) is 1.37. The molecule has 2 aromatic rings. The molecule has 5 heteroatoms. The Balaban J connectivity index is 0.00000112. The van der Waals surface area contributed by atoms with Gasteiger partial charge >= 0.3 is 0 Å². The lowest BCUT2D eigenvalue weighted by Crippen LogP contribution is -1.91. The van der Waals surface area contributed by atoms with Gasteiger partial charge < -0.3 is 9.47 Å². The third-order valence-electron chi connectivity index (χ3n) is 2.01. The van der Waals surface area contributed by atoms with Gasteiger partial charge in [0.1, 0.15) is 6.33 Å². The SMILES string of the molecule is COc1cc2cncnc2cc1OC.Cl. The molecule has 80 valence electrons. The summed E-state index contributed by atoms with van der Waals surface area (Å²) in [6.07, 6.45) is 3.25. The van der Waals surface area contributed by atoms with Crippen LogP contribution in [-0.4, -0.2) is 24.2 Å². The van der Waals surface area contributed by atoms with Crippen molar-refractivity contribution in [1.29, 1.82) is 0 Å². The lowest BCUT2D eigenvalue weighted by Gasteiger charge is -2.07.